The Labute approximate surface area is 131 Å². The van der Waals surface area contributed by atoms with Gasteiger partial charge in [-0.1, -0.05) is 13.8 Å². The summed E-state index contributed by atoms with van der Waals surface area (Å²) in [5.74, 6) is 2.36. The lowest BCUT2D eigenvalue weighted by Gasteiger charge is -2.31. The first-order valence-corrected chi connectivity index (χ1v) is 6.88. The summed E-state index contributed by atoms with van der Waals surface area (Å²) in [4.78, 5) is 35.1. The topological polar surface area (TPSA) is 95.5 Å². The van der Waals surface area contributed by atoms with Crippen molar-refractivity contribution in [3.05, 3.63) is 0 Å². The fourth-order valence-corrected chi connectivity index (χ4v) is 2.04. The second-order valence-corrected chi connectivity index (χ2v) is 5.52. The minimum Gasteiger partial charge on any atom is -0.480 e. The van der Waals surface area contributed by atoms with Crippen LogP contribution in [0.1, 0.15) is 40.0 Å². The summed E-state index contributed by atoms with van der Waals surface area (Å²) in [6.45, 7) is 4.91. The zero-order valence-electron chi connectivity index (χ0n) is 13.1. The Hall–Kier alpha value is -2.47. The lowest BCUT2D eigenvalue weighted by atomic mass is 9.89. The molecule has 0 unspecified atom stereocenters. The molecule has 0 fully saturated rings. The quantitative estimate of drug-likeness (QED) is 0.570. The molecule has 0 aromatic carbocycles. The molecule has 0 rings (SSSR count). The van der Waals surface area contributed by atoms with Crippen molar-refractivity contribution in [3.8, 4) is 24.7 Å². The Morgan fingerprint density at radius 1 is 1.18 bits per heavy atom. The number of carboxylic acids is 1. The van der Waals surface area contributed by atoms with Gasteiger partial charge in [0, 0.05) is 19.8 Å². The molecule has 2 amide bonds. The maximum atomic E-state index is 12.5. The number of hydrogen-bond acceptors (Lipinski definition) is 3. The van der Waals surface area contributed by atoms with Gasteiger partial charge in [0.1, 0.15) is 11.6 Å². The van der Waals surface area contributed by atoms with Crippen LogP contribution in [0.3, 0.4) is 0 Å². The minimum absolute atomic E-state index is 0.0665. The number of nitrogens with one attached hydrogen (secondary N) is 2. The van der Waals surface area contributed by atoms with Crippen LogP contribution in [0.15, 0.2) is 0 Å². The zero-order valence-corrected chi connectivity index (χ0v) is 13.1. The molecule has 0 saturated heterocycles. The van der Waals surface area contributed by atoms with Gasteiger partial charge in [0.15, 0.2) is 0 Å². The monoisotopic (exact) mass is 306 g/mol. The smallest absolute Gasteiger partial charge is 0.326 e. The molecular weight excluding hydrogens is 284 g/mol. The van der Waals surface area contributed by atoms with Gasteiger partial charge in [-0.3, -0.25) is 9.59 Å². The van der Waals surface area contributed by atoms with E-state index in [1.165, 1.54) is 6.92 Å². The second-order valence-electron chi connectivity index (χ2n) is 5.52. The molecule has 0 heterocycles. The molecule has 22 heavy (non-hydrogen) atoms. The Morgan fingerprint density at radius 3 is 2.00 bits per heavy atom. The normalized spacial score (nSPS) is 11.9. The average Bonchev–Trinajstić information content (AvgIpc) is 2.36. The summed E-state index contributed by atoms with van der Waals surface area (Å²) >= 11 is 0. The van der Waals surface area contributed by atoms with Gasteiger partial charge < -0.3 is 15.7 Å². The van der Waals surface area contributed by atoms with Gasteiger partial charge in [0.2, 0.25) is 11.8 Å². The number of carboxylic acid groups (broad SMARTS) is 1. The number of carbonyl (C=O) groups is 3. The van der Waals surface area contributed by atoms with Crippen molar-refractivity contribution < 1.29 is 19.5 Å². The molecule has 6 nitrogen and oxygen atoms in total. The van der Waals surface area contributed by atoms with Gasteiger partial charge >= 0.3 is 5.97 Å². The van der Waals surface area contributed by atoms with Crippen LogP contribution < -0.4 is 10.6 Å². The molecular formula is C16H22N2O4. The van der Waals surface area contributed by atoms with Crippen LogP contribution in [0.2, 0.25) is 0 Å². The molecule has 0 aromatic rings. The molecule has 0 aliphatic rings. The summed E-state index contributed by atoms with van der Waals surface area (Å²) in [6, 6.07) is -1.07. The zero-order chi connectivity index (χ0) is 17.3. The van der Waals surface area contributed by atoms with Crippen molar-refractivity contribution in [2.24, 2.45) is 5.92 Å². The summed E-state index contributed by atoms with van der Waals surface area (Å²) in [5, 5.41) is 14.1. The molecule has 0 aromatic heterocycles. The molecule has 6 heteroatoms. The summed E-state index contributed by atoms with van der Waals surface area (Å²) in [6.07, 6.45) is 10.5. The number of aliphatic carboxylic acids is 1. The molecule has 0 saturated carbocycles. The Morgan fingerprint density at radius 2 is 1.68 bits per heavy atom. The van der Waals surface area contributed by atoms with Gasteiger partial charge in [0.25, 0.3) is 0 Å². The predicted octanol–water partition coefficient (Wildman–Crippen LogP) is 0.523. The van der Waals surface area contributed by atoms with Gasteiger partial charge in [-0.25, -0.2) is 4.79 Å². The van der Waals surface area contributed by atoms with Crippen molar-refractivity contribution in [3.63, 3.8) is 0 Å². The van der Waals surface area contributed by atoms with E-state index in [1.807, 2.05) is 13.8 Å². The molecule has 0 aliphatic heterocycles. The third-order valence-electron chi connectivity index (χ3n) is 2.97. The highest BCUT2D eigenvalue weighted by Gasteiger charge is 2.39. The SMILES string of the molecule is C#CCC(CC#C)(NC(C)=O)C(=O)N[C@@H](CC(C)C)C(=O)O. The standard InChI is InChI=1S/C16H22N2O4/c1-6-8-16(9-7-2,18-12(5)19)15(22)17-13(14(20)21)10-11(3)4/h1-2,11,13H,8-10H2,3-5H3,(H,17,22)(H,18,19)(H,20,21)/t13-/m0/s1. The molecule has 0 bridgehead atoms. The molecule has 0 spiro atoms. The summed E-state index contributed by atoms with van der Waals surface area (Å²) < 4.78 is 0. The number of carbonyl (C=O) groups excluding carboxylic acids is 2. The van der Waals surface area contributed by atoms with E-state index in [0.717, 1.165) is 0 Å². The van der Waals surface area contributed by atoms with Crippen LogP contribution >= 0.6 is 0 Å². The Kier molecular flexibility index (Phi) is 7.76. The van der Waals surface area contributed by atoms with E-state index in [0.29, 0.717) is 0 Å². The fourth-order valence-electron chi connectivity index (χ4n) is 2.04. The van der Waals surface area contributed by atoms with Crippen LogP contribution in [-0.2, 0) is 14.4 Å². The Bertz CT molecular complexity index is 495. The lowest BCUT2D eigenvalue weighted by molar-refractivity contribution is -0.143. The van der Waals surface area contributed by atoms with Crippen LogP contribution in [0.4, 0.5) is 0 Å². The maximum absolute atomic E-state index is 12.5. The number of rotatable bonds is 8. The molecule has 0 aliphatic carbocycles. The van der Waals surface area contributed by atoms with Crippen molar-refractivity contribution in [2.45, 2.75) is 51.6 Å². The lowest BCUT2D eigenvalue weighted by Crippen LogP contribution is -2.60. The molecule has 120 valence electrons. The number of terminal acetylenes is 2. The first kappa shape index (κ1) is 19.5. The second kappa shape index (κ2) is 8.74. The summed E-state index contributed by atoms with van der Waals surface area (Å²) in [7, 11) is 0. The number of amides is 2. The van der Waals surface area contributed by atoms with Crippen LogP contribution in [0.5, 0.6) is 0 Å². The molecule has 3 N–H and O–H groups in total. The van der Waals surface area contributed by atoms with E-state index in [9.17, 15) is 19.5 Å². The van der Waals surface area contributed by atoms with Crippen LogP contribution in [0.25, 0.3) is 0 Å². The van der Waals surface area contributed by atoms with Gasteiger partial charge in [-0.05, 0) is 12.3 Å². The van der Waals surface area contributed by atoms with E-state index in [-0.39, 0.29) is 25.2 Å². The fraction of sp³-hybridized carbons (Fsp3) is 0.562. The third kappa shape index (κ3) is 5.88. The summed E-state index contributed by atoms with van der Waals surface area (Å²) in [5.41, 5.74) is -1.50. The van der Waals surface area contributed by atoms with Gasteiger partial charge in [0.05, 0.1) is 0 Å². The number of hydrogen-bond donors (Lipinski definition) is 3. The van der Waals surface area contributed by atoms with Crippen molar-refractivity contribution >= 4 is 17.8 Å². The van der Waals surface area contributed by atoms with Crippen molar-refractivity contribution in [1.29, 1.82) is 0 Å². The highest BCUT2D eigenvalue weighted by molar-refractivity contribution is 5.94. The predicted molar refractivity (Wildman–Crippen MR) is 82.5 cm³/mol. The largest absolute Gasteiger partial charge is 0.480 e. The van der Waals surface area contributed by atoms with Gasteiger partial charge in [-0.2, -0.15) is 0 Å². The third-order valence-corrected chi connectivity index (χ3v) is 2.97. The van der Waals surface area contributed by atoms with E-state index < -0.39 is 29.4 Å². The average molecular weight is 306 g/mol. The van der Waals surface area contributed by atoms with E-state index in [2.05, 4.69) is 22.5 Å². The van der Waals surface area contributed by atoms with Crippen LogP contribution in [0, 0.1) is 30.6 Å². The first-order chi connectivity index (χ1) is 10.2. The first-order valence-electron chi connectivity index (χ1n) is 6.88. The highest BCUT2D eigenvalue weighted by Crippen LogP contribution is 2.17. The van der Waals surface area contributed by atoms with E-state index in [4.69, 9.17) is 12.8 Å². The van der Waals surface area contributed by atoms with Crippen molar-refractivity contribution in [2.75, 3.05) is 0 Å². The van der Waals surface area contributed by atoms with E-state index >= 15 is 0 Å². The van der Waals surface area contributed by atoms with Gasteiger partial charge in [-0.15, -0.1) is 24.7 Å². The van der Waals surface area contributed by atoms with E-state index in [1.54, 1.807) is 0 Å². The Balaban J connectivity index is 5.41. The van der Waals surface area contributed by atoms with Crippen molar-refractivity contribution in [1.82, 2.24) is 10.6 Å². The molecule has 1 atom stereocenters. The van der Waals surface area contributed by atoms with Crippen LogP contribution in [-0.4, -0.2) is 34.5 Å². The molecule has 0 radical (unpaired) electrons. The maximum Gasteiger partial charge on any atom is 0.326 e. The minimum atomic E-state index is -1.50. The highest BCUT2D eigenvalue weighted by atomic mass is 16.4.